The number of ether oxygens (including phenoxy) is 2. The highest BCUT2D eigenvalue weighted by Gasteiger charge is 2.26. The normalized spacial score (nSPS) is 13.8. The molecule has 28 heavy (non-hydrogen) atoms. The van der Waals surface area contributed by atoms with Gasteiger partial charge in [-0.2, -0.15) is 5.26 Å². The number of nitriles is 1. The van der Waals surface area contributed by atoms with Gasteiger partial charge in [0.05, 0.1) is 18.4 Å². The van der Waals surface area contributed by atoms with E-state index in [0.717, 1.165) is 21.8 Å². The molecule has 140 valence electrons. The van der Waals surface area contributed by atoms with Crippen molar-refractivity contribution < 1.29 is 9.47 Å². The Morgan fingerprint density at radius 2 is 2.04 bits per heavy atom. The van der Waals surface area contributed by atoms with Gasteiger partial charge < -0.3 is 9.47 Å². The zero-order chi connectivity index (χ0) is 19.3. The standard InChI is InChI=1S/C23H20N2O2S/c1-26-22-12-17(7-10-21(22)27-14-16-5-3-2-4-6-16)11-19(13-24)23-25-20(15-28-23)18-8-9-18/h2-7,10-12,15,18H,8-9,14H2,1H3/b19-11-. The van der Waals surface area contributed by atoms with Gasteiger partial charge in [0.15, 0.2) is 11.5 Å². The van der Waals surface area contributed by atoms with Crippen LogP contribution in [0.4, 0.5) is 0 Å². The van der Waals surface area contributed by atoms with Crippen LogP contribution < -0.4 is 9.47 Å². The topological polar surface area (TPSA) is 55.1 Å². The number of aromatic nitrogens is 1. The first kappa shape index (κ1) is 18.3. The Morgan fingerprint density at radius 3 is 2.75 bits per heavy atom. The Bertz CT molecular complexity index is 1030. The number of hydrogen-bond acceptors (Lipinski definition) is 5. The van der Waals surface area contributed by atoms with Gasteiger partial charge >= 0.3 is 0 Å². The molecule has 5 heteroatoms. The summed E-state index contributed by atoms with van der Waals surface area (Å²) in [5, 5.41) is 12.4. The lowest BCUT2D eigenvalue weighted by Crippen LogP contribution is -1.97. The van der Waals surface area contributed by atoms with Crippen LogP contribution in [0.25, 0.3) is 11.6 Å². The molecule has 1 aliphatic carbocycles. The predicted molar refractivity (Wildman–Crippen MR) is 111 cm³/mol. The first-order valence-corrected chi connectivity index (χ1v) is 10.1. The number of benzene rings is 2. The number of allylic oxidation sites excluding steroid dienone is 1. The summed E-state index contributed by atoms with van der Waals surface area (Å²) in [6, 6.07) is 18.0. The molecule has 1 aliphatic rings. The maximum absolute atomic E-state index is 9.59. The summed E-state index contributed by atoms with van der Waals surface area (Å²) < 4.78 is 11.4. The van der Waals surface area contributed by atoms with Crippen LogP contribution in [-0.2, 0) is 6.61 Å². The smallest absolute Gasteiger partial charge is 0.161 e. The van der Waals surface area contributed by atoms with Gasteiger partial charge in [-0.25, -0.2) is 4.98 Å². The highest BCUT2D eigenvalue weighted by Crippen LogP contribution is 2.41. The molecule has 0 N–H and O–H groups in total. The number of rotatable bonds is 7. The van der Waals surface area contributed by atoms with Crippen molar-refractivity contribution in [1.29, 1.82) is 5.26 Å². The minimum Gasteiger partial charge on any atom is -0.493 e. The molecular weight excluding hydrogens is 368 g/mol. The van der Waals surface area contributed by atoms with Crippen LogP contribution in [0.5, 0.6) is 11.5 Å². The van der Waals surface area contributed by atoms with Gasteiger partial charge in [0.1, 0.15) is 17.7 Å². The van der Waals surface area contributed by atoms with Crippen LogP contribution in [-0.4, -0.2) is 12.1 Å². The second-order valence-electron chi connectivity index (χ2n) is 6.71. The molecule has 0 bridgehead atoms. The molecule has 0 unspecified atom stereocenters. The van der Waals surface area contributed by atoms with Crippen molar-refractivity contribution in [3.05, 3.63) is 75.7 Å². The van der Waals surface area contributed by atoms with Crippen molar-refractivity contribution in [2.75, 3.05) is 7.11 Å². The van der Waals surface area contributed by atoms with E-state index in [4.69, 9.17) is 9.47 Å². The third-order valence-electron chi connectivity index (χ3n) is 4.60. The third kappa shape index (κ3) is 4.24. The lowest BCUT2D eigenvalue weighted by molar-refractivity contribution is 0.284. The summed E-state index contributed by atoms with van der Waals surface area (Å²) in [5.74, 6) is 1.90. The van der Waals surface area contributed by atoms with E-state index in [0.29, 0.717) is 29.6 Å². The van der Waals surface area contributed by atoms with Crippen molar-refractivity contribution >= 4 is 23.0 Å². The van der Waals surface area contributed by atoms with Crippen molar-refractivity contribution in [2.45, 2.75) is 25.4 Å². The van der Waals surface area contributed by atoms with Crippen LogP contribution in [0.3, 0.4) is 0 Å². The Morgan fingerprint density at radius 1 is 1.21 bits per heavy atom. The quantitative estimate of drug-likeness (QED) is 0.489. The van der Waals surface area contributed by atoms with Crippen LogP contribution in [0, 0.1) is 11.3 Å². The second kappa shape index (κ2) is 8.28. The van der Waals surface area contributed by atoms with Gasteiger partial charge in [-0.05, 0) is 42.2 Å². The van der Waals surface area contributed by atoms with Crippen molar-refractivity contribution in [2.24, 2.45) is 0 Å². The number of hydrogen-bond donors (Lipinski definition) is 0. The Kier molecular flexibility index (Phi) is 5.41. The lowest BCUT2D eigenvalue weighted by atomic mass is 10.1. The minimum absolute atomic E-state index is 0.471. The van der Waals surface area contributed by atoms with Crippen molar-refractivity contribution in [3.63, 3.8) is 0 Å². The summed E-state index contributed by atoms with van der Waals surface area (Å²) in [6.07, 6.45) is 4.26. The molecule has 0 radical (unpaired) electrons. The summed E-state index contributed by atoms with van der Waals surface area (Å²) in [5.41, 5.74) is 3.65. The first-order valence-electron chi connectivity index (χ1n) is 9.19. The van der Waals surface area contributed by atoms with E-state index >= 15 is 0 Å². The predicted octanol–water partition coefficient (Wildman–Crippen LogP) is 5.67. The zero-order valence-electron chi connectivity index (χ0n) is 15.6. The molecule has 0 aliphatic heterocycles. The summed E-state index contributed by atoms with van der Waals surface area (Å²) in [7, 11) is 1.62. The van der Waals surface area contributed by atoms with Gasteiger partial charge in [0.2, 0.25) is 0 Å². The Balaban J connectivity index is 1.53. The summed E-state index contributed by atoms with van der Waals surface area (Å²) in [4.78, 5) is 4.63. The van der Waals surface area contributed by atoms with Crippen LogP contribution in [0.1, 0.15) is 40.6 Å². The van der Waals surface area contributed by atoms with E-state index < -0.39 is 0 Å². The molecule has 1 fully saturated rings. The molecule has 4 rings (SSSR count). The van der Waals surface area contributed by atoms with Crippen LogP contribution in [0.15, 0.2) is 53.9 Å². The van der Waals surface area contributed by atoms with Gasteiger partial charge in [0.25, 0.3) is 0 Å². The monoisotopic (exact) mass is 388 g/mol. The van der Waals surface area contributed by atoms with E-state index in [1.54, 1.807) is 7.11 Å². The third-order valence-corrected chi connectivity index (χ3v) is 5.50. The number of nitrogens with zero attached hydrogens (tertiary/aromatic N) is 2. The summed E-state index contributed by atoms with van der Waals surface area (Å²) in [6.45, 7) is 0.471. The van der Waals surface area contributed by atoms with E-state index in [1.165, 1.54) is 24.2 Å². The van der Waals surface area contributed by atoms with E-state index in [2.05, 4.69) is 16.4 Å². The molecule has 4 nitrogen and oxygen atoms in total. The molecule has 0 amide bonds. The zero-order valence-corrected chi connectivity index (χ0v) is 16.4. The van der Waals surface area contributed by atoms with Crippen molar-refractivity contribution in [3.8, 4) is 17.6 Å². The molecule has 1 saturated carbocycles. The molecule has 1 aromatic heterocycles. The van der Waals surface area contributed by atoms with Gasteiger partial charge in [-0.15, -0.1) is 11.3 Å². The fourth-order valence-electron chi connectivity index (χ4n) is 2.91. The molecule has 0 spiro atoms. The Hall–Kier alpha value is -3.10. The maximum Gasteiger partial charge on any atom is 0.161 e. The molecule has 2 aromatic carbocycles. The van der Waals surface area contributed by atoms with Crippen LogP contribution >= 0.6 is 11.3 Å². The number of methoxy groups -OCH3 is 1. The van der Waals surface area contributed by atoms with E-state index in [1.807, 2.05) is 54.6 Å². The molecular formula is C23H20N2O2S. The Labute approximate surface area is 168 Å². The number of thiazole rings is 1. The average molecular weight is 388 g/mol. The van der Waals surface area contributed by atoms with Gasteiger partial charge in [-0.1, -0.05) is 36.4 Å². The van der Waals surface area contributed by atoms with Crippen molar-refractivity contribution in [1.82, 2.24) is 4.98 Å². The van der Waals surface area contributed by atoms with E-state index in [-0.39, 0.29) is 0 Å². The van der Waals surface area contributed by atoms with Crippen LogP contribution in [0.2, 0.25) is 0 Å². The summed E-state index contributed by atoms with van der Waals surface area (Å²) >= 11 is 1.53. The molecule has 0 atom stereocenters. The maximum atomic E-state index is 9.59. The lowest BCUT2D eigenvalue weighted by Gasteiger charge is -2.11. The van der Waals surface area contributed by atoms with Gasteiger partial charge in [-0.3, -0.25) is 0 Å². The fourth-order valence-corrected chi connectivity index (χ4v) is 3.78. The first-order chi connectivity index (χ1) is 13.8. The second-order valence-corrected chi connectivity index (χ2v) is 7.56. The average Bonchev–Trinajstić information content (AvgIpc) is 3.48. The van der Waals surface area contributed by atoms with E-state index in [9.17, 15) is 5.26 Å². The highest BCUT2D eigenvalue weighted by atomic mass is 32.1. The molecule has 1 heterocycles. The minimum atomic E-state index is 0.471. The SMILES string of the molecule is COc1cc(/C=C(/C#N)c2nc(C3CC3)cs2)ccc1OCc1ccccc1. The fraction of sp³-hybridized carbons (Fsp3) is 0.217. The molecule has 3 aromatic rings. The largest absolute Gasteiger partial charge is 0.493 e. The highest BCUT2D eigenvalue weighted by molar-refractivity contribution is 7.11. The van der Waals surface area contributed by atoms with Gasteiger partial charge in [0, 0.05) is 11.3 Å². The molecule has 0 saturated heterocycles.